The SMILES string of the molecule is C#CC1CCC(C2=NC3(CCN(S(=O)(=O)CCc4ccc(CC(C)=O)cc4C)CC3)C(=O)N2)CC1.C#CC1CCC(C2=NC3(CCN(S(=O)(=O)CCc4ccc(CC(C)=O)cc4C)CC3)C(=O)N2)CC1. The summed E-state index contributed by atoms with van der Waals surface area (Å²) < 4.78 is 55.3. The summed E-state index contributed by atoms with van der Waals surface area (Å²) in [7, 11) is -6.91. The number of aliphatic imine (C=N–C) groups is 2. The van der Waals surface area contributed by atoms with E-state index in [1.54, 1.807) is 13.8 Å². The lowest BCUT2D eigenvalue weighted by molar-refractivity contribution is -0.125. The zero-order valence-electron chi connectivity index (χ0n) is 41.4. The van der Waals surface area contributed by atoms with Crippen LogP contribution >= 0.6 is 0 Å². The summed E-state index contributed by atoms with van der Waals surface area (Å²) in [5, 5.41) is 6.02. The van der Waals surface area contributed by atoms with Crippen molar-refractivity contribution in [2.75, 3.05) is 37.7 Å². The molecule has 6 aliphatic rings. The highest BCUT2D eigenvalue weighted by Crippen LogP contribution is 2.38. The average Bonchev–Trinajstić information content (AvgIpc) is 3.82. The topological polar surface area (TPSA) is 192 Å². The lowest BCUT2D eigenvalue weighted by Gasteiger charge is -2.34. The van der Waals surface area contributed by atoms with Crippen molar-refractivity contribution in [3.63, 3.8) is 0 Å². The summed E-state index contributed by atoms with van der Waals surface area (Å²) in [6.07, 6.45) is 21.9. The van der Waals surface area contributed by atoms with Gasteiger partial charge in [-0.1, -0.05) is 36.4 Å². The number of ketones is 2. The first-order valence-electron chi connectivity index (χ1n) is 25.1. The highest BCUT2D eigenvalue weighted by molar-refractivity contribution is 7.89. The Morgan fingerprint density at radius 3 is 1.26 bits per heavy atom. The Balaban J connectivity index is 0.000000206. The van der Waals surface area contributed by atoms with Gasteiger partial charge in [0, 0.05) is 62.7 Å². The molecule has 376 valence electrons. The molecule has 2 amide bonds. The molecule has 2 saturated carbocycles. The molecule has 70 heavy (non-hydrogen) atoms. The number of hydrogen-bond acceptors (Lipinski definition) is 10. The molecule has 0 bridgehead atoms. The molecule has 0 atom stereocenters. The number of carbonyl (C=O) groups is 4. The summed E-state index contributed by atoms with van der Waals surface area (Å²) in [5.74, 6) is 8.35. The Hall–Kier alpha value is -5.00. The first-order chi connectivity index (χ1) is 33.2. The Kier molecular flexibility index (Phi) is 16.7. The van der Waals surface area contributed by atoms with Gasteiger partial charge in [0.15, 0.2) is 0 Å². The van der Waals surface area contributed by atoms with Gasteiger partial charge in [0.1, 0.15) is 34.3 Å². The molecule has 14 nitrogen and oxygen atoms in total. The van der Waals surface area contributed by atoms with Crippen LogP contribution < -0.4 is 10.6 Å². The van der Waals surface area contributed by atoms with Gasteiger partial charge in [-0.15, -0.1) is 24.7 Å². The number of hydrogen-bond donors (Lipinski definition) is 2. The predicted octanol–water partition coefficient (Wildman–Crippen LogP) is 5.60. The van der Waals surface area contributed by atoms with Gasteiger partial charge in [-0.25, -0.2) is 25.4 Å². The molecule has 0 unspecified atom stereocenters. The second kappa shape index (κ2) is 22.2. The number of amides is 2. The van der Waals surface area contributed by atoms with Crippen molar-refractivity contribution in [2.24, 2.45) is 33.7 Å². The van der Waals surface area contributed by atoms with Crippen molar-refractivity contribution in [3.8, 4) is 24.7 Å². The number of carbonyl (C=O) groups excluding carboxylic acids is 4. The largest absolute Gasteiger partial charge is 0.312 e. The van der Waals surface area contributed by atoms with E-state index in [0.29, 0.717) is 89.4 Å². The first kappa shape index (κ1) is 52.8. The number of amidine groups is 2. The lowest BCUT2D eigenvalue weighted by Crippen LogP contribution is -2.51. The minimum absolute atomic E-state index is 0.0199. The molecule has 0 aromatic heterocycles. The summed E-state index contributed by atoms with van der Waals surface area (Å²) in [5.41, 5.74) is 4.15. The molecule has 8 rings (SSSR count). The van der Waals surface area contributed by atoms with Gasteiger partial charge >= 0.3 is 0 Å². The van der Waals surface area contributed by atoms with Gasteiger partial charge in [0.25, 0.3) is 11.8 Å². The highest BCUT2D eigenvalue weighted by atomic mass is 32.2. The summed E-state index contributed by atoms with van der Waals surface area (Å²) in [6.45, 7) is 8.21. The number of sulfonamides is 2. The van der Waals surface area contributed by atoms with Crippen LogP contribution in [0, 0.1) is 62.2 Å². The number of nitrogens with one attached hydrogen (secondary N) is 2. The predicted molar refractivity (Wildman–Crippen MR) is 273 cm³/mol. The van der Waals surface area contributed by atoms with Gasteiger partial charge in [-0.05, 0) is 151 Å². The zero-order valence-corrected chi connectivity index (χ0v) is 43.0. The van der Waals surface area contributed by atoms with E-state index in [-0.39, 0.29) is 46.7 Å². The van der Waals surface area contributed by atoms with E-state index in [9.17, 15) is 36.0 Å². The molecule has 2 saturated heterocycles. The molecule has 4 heterocycles. The van der Waals surface area contributed by atoms with E-state index >= 15 is 0 Å². The van der Waals surface area contributed by atoms with Crippen molar-refractivity contribution in [3.05, 3.63) is 69.8 Å². The minimum atomic E-state index is -3.45. The third-order valence-corrected chi connectivity index (χ3v) is 19.3. The quantitative estimate of drug-likeness (QED) is 0.229. The summed E-state index contributed by atoms with van der Waals surface area (Å²) in [6, 6.07) is 11.6. The number of piperidine rings is 2. The van der Waals surface area contributed by atoms with Crippen LogP contribution in [-0.2, 0) is 64.9 Å². The molecule has 2 aliphatic carbocycles. The van der Waals surface area contributed by atoms with E-state index < -0.39 is 31.1 Å². The highest BCUT2D eigenvalue weighted by Gasteiger charge is 2.50. The van der Waals surface area contributed by atoms with Gasteiger partial charge < -0.3 is 10.6 Å². The van der Waals surface area contributed by atoms with Crippen LogP contribution in [0.3, 0.4) is 0 Å². The number of terminal acetylenes is 2. The molecule has 4 fully saturated rings. The van der Waals surface area contributed by atoms with Gasteiger partial charge in [0.05, 0.1) is 11.5 Å². The second-order valence-electron chi connectivity index (χ2n) is 20.6. The van der Waals surface area contributed by atoms with Crippen LogP contribution in [0.1, 0.15) is 124 Å². The maximum absolute atomic E-state index is 13.1. The number of nitrogens with zero attached hydrogens (tertiary/aromatic N) is 4. The van der Waals surface area contributed by atoms with E-state index in [1.807, 2.05) is 50.2 Å². The fraction of sp³-hybridized carbons (Fsp3) is 0.593. The Labute approximate surface area is 415 Å². The van der Waals surface area contributed by atoms with Crippen molar-refractivity contribution >= 4 is 55.1 Å². The fourth-order valence-electron chi connectivity index (χ4n) is 11.1. The molecular formula is C54H70N6O8S2. The van der Waals surface area contributed by atoms with E-state index in [2.05, 4.69) is 22.5 Å². The molecule has 2 aromatic carbocycles. The minimum Gasteiger partial charge on any atom is -0.312 e. The van der Waals surface area contributed by atoms with Gasteiger partial charge in [-0.3, -0.25) is 29.2 Å². The van der Waals surface area contributed by atoms with Crippen molar-refractivity contribution in [1.82, 2.24) is 19.2 Å². The smallest absolute Gasteiger partial charge is 0.253 e. The van der Waals surface area contributed by atoms with Crippen LogP contribution in [0.5, 0.6) is 0 Å². The monoisotopic (exact) mass is 994 g/mol. The molecule has 0 radical (unpaired) electrons. The fourth-order valence-corrected chi connectivity index (χ4v) is 14.0. The van der Waals surface area contributed by atoms with Crippen LogP contribution in [0.4, 0.5) is 0 Å². The van der Waals surface area contributed by atoms with E-state index in [1.165, 1.54) is 8.61 Å². The molecule has 2 N–H and O–H groups in total. The van der Waals surface area contributed by atoms with Crippen molar-refractivity contribution in [1.29, 1.82) is 0 Å². The molecular weight excluding hydrogens is 925 g/mol. The van der Waals surface area contributed by atoms with Crippen LogP contribution in [0.15, 0.2) is 46.4 Å². The first-order valence-corrected chi connectivity index (χ1v) is 28.3. The molecule has 2 spiro atoms. The van der Waals surface area contributed by atoms with E-state index in [0.717, 1.165) is 96.4 Å². The Morgan fingerprint density at radius 1 is 0.614 bits per heavy atom. The van der Waals surface area contributed by atoms with E-state index in [4.69, 9.17) is 22.8 Å². The Morgan fingerprint density at radius 2 is 0.957 bits per heavy atom. The molecule has 16 heteroatoms. The Bertz CT molecular complexity index is 2520. The maximum Gasteiger partial charge on any atom is 0.253 e. The second-order valence-corrected chi connectivity index (χ2v) is 24.8. The van der Waals surface area contributed by atoms with Gasteiger partial charge in [0.2, 0.25) is 20.0 Å². The summed E-state index contributed by atoms with van der Waals surface area (Å²) in [4.78, 5) is 58.1. The number of benzene rings is 2. The zero-order chi connectivity index (χ0) is 50.4. The number of Topliss-reactive ketones (excluding diaryl/α,β-unsaturated/α-hetero) is 2. The number of aryl methyl sites for hydroxylation is 4. The number of rotatable bonds is 14. The van der Waals surface area contributed by atoms with Gasteiger partial charge in [-0.2, -0.15) is 0 Å². The average molecular weight is 995 g/mol. The van der Waals surface area contributed by atoms with Crippen LogP contribution in [0.2, 0.25) is 0 Å². The maximum atomic E-state index is 13.1. The van der Waals surface area contributed by atoms with Crippen LogP contribution in [0.25, 0.3) is 0 Å². The van der Waals surface area contributed by atoms with Crippen molar-refractivity contribution in [2.45, 2.75) is 142 Å². The summed E-state index contributed by atoms with van der Waals surface area (Å²) >= 11 is 0. The standard InChI is InChI=1S/2C27H35N3O4S/c2*1-4-21-5-9-24(10-6-21)25-28-26(32)27(29-25)12-14-30(15-13-27)35(33,34)16-11-23-8-7-22(17-19(23)2)18-20(3)31/h2*1,7-8,17,21,24H,5-6,9-16,18H2,2-3H3,(H,28,29,32). The third-order valence-electron chi connectivity index (χ3n) is 15.6. The normalized spacial score (nSPS) is 24.6. The lowest BCUT2D eigenvalue weighted by atomic mass is 9.82. The molecule has 4 aliphatic heterocycles. The third kappa shape index (κ3) is 12.5. The van der Waals surface area contributed by atoms with Crippen LogP contribution in [-0.4, -0.2) is 109 Å². The van der Waals surface area contributed by atoms with Crippen molar-refractivity contribution < 1.29 is 36.0 Å². The molecule has 2 aromatic rings.